The summed E-state index contributed by atoms with van der Waals surface area (Å²) < 4.78 is 0. The first-order chi connectivity index (χ1) is 9.63. The van der Waals surface area contributed by atoms with Gasteiger partial charge in [-0.1, -0.05) is 0 Å². The summed E-state index contributed by atoms with van der Waals surface area (Å²) in [4.78, 5) is 28.5. The molecule has 2 heterocycles. The van der Waals surface area contributed by atoms with Crippen LogP contribution >= 0.6 is 0 Å². The molecule has 0 unspecified atom stereocenters. The van der Waals surface area contributed by atoms with Crippen molar-refractivity contribution >= 4 is 28.4 Å². The van der Waals surface area contributed by atoms with Crippen molar-refractivity contribution in [3.8, 4) is 0 Å². The molecular formula is C14H16N4O2. The Hall–Kier alpha value is -2.50. The summed E-state index contributed by atoms with van der Waals surface area (Å²) in [5, 5.41) is 3.67. The summed E-state index contributed by atoms with van der Waals surface area (Å²) in [6.07, 6.45) is 0.346. The molecule has 6 heteroatoms. The summed E-state index contributed by atoms with van der Waals surface area (Å²) in [5.74, 6) is -0.0963. The molecule has 0 bridgehead atoms. The van der Waals surface area contributed by atoms with Crippen LogP contribution in [0.1, 0.15) is 16.9 Å². The first-order valence-electron chi connectivity index (χ1n) is 6.58. The van der Waals surface area contributed by atoms with Crippen LogP contribution in [0.25, 0.3) is 10.9 Å². The number of aromatic amines is 1. The zero-order chi connectivity index (χ0) is 14.1. The molecule has 2 aromatic rings. The number of fused-ring (bicyclic) bond motifs is 1. The number of hydrogen-bond acceptors (Lipinski definition) is 3. The number of rotatable bonds is 1. The third-order valence-electron chi connectivity index (χ3n) is 3.48. The van der Waals surface area contributed by atoms with Gasteiger partial charge in [-0.05, 0) is 24.3 Å². The van der Waals surface area contributed by atoms with Crippen molar-refractivity contribution in [1.29, 1.82) is 0 Å². The Labute approximate surface area is 115 Å². The zero-order valence-electron chi connectivity index (χ0n) is 11.0. The second-order valence-corrected chi connectivity index (χ2v) is 4.92. The molecule has 20 heavy (non-hydrogen) atoms. The molecule has 0 aliphatic carbocycles. The summed E-state index contributed by atoms with van der Waals surface area (Å²) in [7, 11) is 0. The molecule has 2 amide bonds. The predicted octanol–water partition coefficient (Wildman–Crippen LogP) is 0.712. The molecule has 1 aromatic heterocycles. The first-order valence-corrected chi connectivity index (χ1v) is 6.58. The van der Waals surface area contributed by atoms with Crippen molar-refractivity contribution in [3.05, 3.63) is 30.0 Å². The highest BCUT2D eigenvalue weighted by atomic mass is 16.2. The maximum Gasteiger partial charge on any atom is 0.270 e. The Bertz CT molecular complexity index is 677. The van der Waals surface area contributed by atoms with Crippen LogP contribution in [0.3, 0.4) is 0 Å². The average Bonchev–Trinajstić information content (AvgIpc) is 2.72. The van der Waals surface area contributed by atoms with Gasteiger partial charge in [-0.15, -0.1) is 0 Å². The summed E-state index contributed by atoms with van der Waals surface area (Å²) in [5.41, 5.74) is 7.81. The van der Waals surface area contributed by atoms with Gasteiger partial charge < -0.3 is 20.9 Å². The van der Waals surface area contributed by atoms with Crippen LogP contribution < -0.4 is 11.1 Å². The van der Waals surface area contributed by atoms with E-state index in [0.717, 1.165) is 10.9 Å². The lowest BCUT2D eigenvalue weighted by molar-refractivity contribution is -0.120. The quantitative estimate of drug-likeness (QED) is 0.668. The molecule has 4 N–H and O–H groups in total. The van der Waals surface area contributed by atoms with E-state index in [0.29, 0.717) is 37.4 Å². The molecule has 1 saturated heterocycles. The third kappa shape index (κ3) is 2.32. The van der Waals surface area contributed by atoms with Gasteiger partial charge in [0.1, 0.15) is 5.69 Å². The lowest BCUT2D eigenvalue weighted by atomic mass is 10.2. The minimum Gasteiger partial charge on any atom is -0.399 e. The number of nitrogens with zero attached hydrogens (tertiary/aromatic N) is 1. The van der Waals surface area contributed by atoms with Gasteiger partial charge in [0, 0.05) is 42.6 Å². The van der Waals surface area contributed by atoms with Crippen molar-refractivity contribution in [3.63, 3.8) is 0 Å². The fraction of sp³-hybridized carbons (Fsp3) is 0.286. The van der Waals surface area contributed by atoms with Gasteiger partial charge in [0.25, 0.3) is 5.91 Å². The van der Waals surface area contributed by atoms with E-state index in [-0.39, 0.29) is 11.8 Å². The Kier molecular flexibility index (Phi) is 3.06. The van der Waals surface area contributed by atoms with E-state index in [1.54, 1.807) is 17.0 Å². The lowest BCUT2D eigenvalue weighted by Gasteiger charge is -2.18. The summed E-state index contributed by atoms with van der Waals surface area (Å²) in [6, 6.07) is 7.28. The molecule has 1 fully saturated rings. The molecule has 1 aliphatic rings. The second-order valence-electron chi connectivity index (χ2n) is 4.92. The number of carbonyl (C=O) groups is 2. The maximum atomic E-state index is 12.4. The molecule has 104 valence electrons. The SMILES string of the molecule is Nc1ccc2[nH]c(C(=O)N3CCNC(=O)CC3)cc2c1. The Morgan fingerprint density at radius 3 is 2.95 bits per heavy atom. The molecule has 0 saturated carbocycles. The van der Waals surface area contributed by atoms with Crippen LogP contribution in [0.2, 0.25) is 0 Å². The highest BCUT2D eigenvalue weighted by Crippen LogP contribution is 2.19. The number of benzene rings is 1. The van der Waals surface area contributed by atoms with Crippen molar-refractivity contribution in [2.75, 3.05) is 25.4 Å². The van der Waals surface area contributed by atoms with E-state index in [4.69, 9.17) is 5.73 Å². The normalized spacial score (nSPS) is 16.0. The molecule has 1 aliphatic heterocycles. The monoisotopic (exact) mass is 272 g/mol. The molecule has 0 atom stereocenters. The fourth-order valence-corrected chi connectivity index (χ4v) is 2.41. The average molecular weight is 272 g/mol. The van der Waals surface area contributed by atoms with Gasteiger partial charge in [0.05, 0.1) is 0 Å². The second kappa shape index (κ2) is 4.88. The lowest BCUT2D eigenvalue weighted by Crippen LogP contribution is -2.34. The number of aromatic nitrogens is 1. The van der Waals surface area contributed by atoms with E-state index in [9.17, 15) is 9.59 Å². The predicted molar refractivity (Wildman–Crippen MR) is 76.2 cm³/mol. The molecule has 3 rings (SSSR count). The fourth-order valence-electron chi connectivity index (χ4n) is 2.41. The van der Waals surface area contributed by atoms with E-state index >= 15 is 0 Å². The molecular weight excluding hydrogens is 256 g/mol. The summed E-state index contributed by atoms with van der Waals surface area (Å²) in [6.45, 7) is 1.47. The Balaban J connectivity index is 1.86. The Morgan fingerprint density at radius 1 is 1.25 bits per heavy atom. The first kappa shape index (κ1) is 12.5. The summed E-state index contributed by atoms with van der Waals surface area (Å²) >= 11 is 0. The maximum absolute atomic E-state index is 12.4. The topological polar surface area (TPSA) is 91.2 Å². The molecule has 0 spiro atoms. The number of nitrogens with two attached hydrogens (primary N) is 1. The molecule has 1 aromatic carbocycles. The number of nitrogens with one attached hydrogen (secondary N) is 2. The van der Waals surface area contributed by atoms with Crippen LogP contribution in [0.4, 0.5) is 5.69 Å². The van der Waals surface area contributed by atoms with Crippen molar-refractivity contribution in [2.45, 2.75) is 6.42 Å². The van der Waals surface area contributed by atoms with Crippen molar-refractivity contribution in [2.24, 2.45) is 0 Å². The number of amides is 2. The zero-order valence-corrected chi connectivity index (χ0v) is 11.0. The van der Waals surface area contributed by atoms with Gasteiger partial charge in [-0.3, -0.25) is 9.59 Å². The van der Waals surface area contributed by atoms with Gasteiger partial charge in [-0.25, -0.2) is 0 Å². The van der Waals surface area contributed by atoms with E-state index in [1.807, 2.05) is 12.1 Å². The number of H-pyrrole nitrogens is 1. The van der Waals surface area contributed by atoms with Crippen LogP contribution in [0.15, 0.2) is 24.3 Å². The van der Waals surface area contributed by atoms with Crippen LogP contribution in [-0.2, 0) is 4.79 Å². The van der Waals surface area contributed by atoms with Gasteiger partial charge in [0.15, 0.2) is 0 Å². The van der Waals surface area contributed by atoms with Crippen LogP contribution in [0.5, 0.6) is 0 Å². The highest BCUT2D eigenvalue weighted by Gasteiger charge is 2.21. The van der Waals surface area contributed by atoms with Crippen molar-refractivity contribution < 1.29 is 9.59 Å². The number of carbonyl (C=O) groups excluding carboxylic acids is 2. The minimum atomic E-state index is -0.0868. The van der Waals surface area contributed by atoms with E-state index < -0.39 is 0 Å². The molecule has 0 radical (unpaired) electrons. The number of hydrogen-bond donors (Lipinski definition) is 3. The van der Waals surface area contributed by atoms with E-state index in [1.165, 1.54) is 0 Å². The largest absolute Gasteiger partial charge is 0.399 e. The van der Waals surface area contributed by atoms with Gasteiger partial charge >= 0.3 is 0 Å². The van der Waals surface area contributed by atoms with Gasteiger partial charge in [-0.2, -0.15) is 0 Å². The van der Waals surface area contributed by atoms with Gasteiger partial charge in [0.2, 0.25) is 5.91 Å². The smallest absolute Gasteiger partial charge is 0.270 e. The highest BCUT2D eigenvalue weighted by molar-refractivity contribution is 5.98. The third-order valence-corrected chi connectivity index (χ3v) is 3.48. The Morgan fingerprint density at radius 2 is 2.10 bits per heavy atom. The molecule has 6 nitrogen and oxygen atoms in total. The van der Waals surface area contributed by atoms with Crippen LogP contribution in [-0.4, -0.2) is 41.3 Å². The van der Waals surface area contributed by atoms with Crippen molar-refractivity contribution in [1.82, 2.24) is 15.2 Å². The standard InChI is InChI=1S/C14H16N4O2/c15-10-1-2-11-9(7-10)8-12(17-11)14(20)18-5-3-13(19)16-4-6-18/h1-2,7-8,17H,3-6,15H2,(H,16,19). The number of nitrogen functional groups attached to an aromatic ring is 1. The van der Waals surface area contributed by atoms with Crippen LogP contribution in [0, 0.1) is 0 Å². The van der Waals surface area contributed by atoms with E-state index in [2.05, 4.69) is 10.3 Å². The number of anilines is 1. The minimum absolute atomic E-state index is 0.00952.